The second-order valence-corrected chi connectivity index (χ2v) is 8.10. The number of carbonyl (C=O) groups is 2. The smallest absolute Gasteiger partial charge is 0.335 e. The molecule has 170 valence electrons. The molecule has 0 saturated carbocycles. The number of nitrogens with zero attached hydrogens (tertiary/aromatic N) is 1. The van der Waals surface area contributed by atoms with Gasteiger partial charge in [-0.1, -0.05) is 25.5 Å². The first-order chi connectivity index (χ1) is 15.3. The molecule has 0 aliphatic carbocycles. The van der Waals surface area contributed by atoms with Crippen molar-refractivity contribution in [2.75, 3.05) is 27.7 Å². The highest BCUT2D eigenvalue weighted by atomic mass is 16.5. The van der Waals surface area contributed by atoms with Gasteiger partial charge in [0.25, 0.3) is 0 Å². The molecule has 1 aromatic heterocycles. The molecule has 0 aliphatic heterocycles. The molecule has 0 bridgehead atoms. The summed E-state index contributed by atoms with van der Waals surface area (Å²) in [5.41, 5.74) is 4.53. The maximum absolute atomic E-state index is 11.8. The van der Waals surface area contributed by atoms with Gasteiger partial charge < -0.3 is 25.0 Å². The largest absolute Gasteiger partial charge is 0.496 e. The summed E-state index contributed by atoms with van der Waals surface area (Å²) in [6, 6.07) is 11.3. The van der Waals surface area contributed by atoms with E-state index < -0.39 is 5.97 Å². The Morgan fingerprint density at radius 3 is 2.59 bits per heavy atom. The van der Waals surface area contributed by atoms with Gasteiger partial charge in [-0.25, -0.2) is 9.59 Å². The van der Waals surface area contributed by atoms with Gasteiger partial charge in [-0.2, -0.15) is 0 Å². The van der Waals surface area contributed by atoms with Gasteiger partial charge in [-0.3, -0.25) is 0 Å². The number of amides is 2. The normalized spacial score (nSPS) is 11.9. The van der Waals surface area contributed by atoms with Crippen LogP contribution in [0.2, 0.25) is 0 Å². The van der Waals surface area contributed by atoms with Crippen LogP contribution in [0.1, 0.15) is 52.7 Å². The molecule has 0 saturated heterocycles. The van der Waals surface area contributed by atoms with Crippen LogP contribution in [0.25, 0.3) is 10.9 Å². The van der Waals surface area contributed by atoms with Crippen molar-refractivity contribution >= 4 is 22.9 Å². The van der Waals surface area contributed by atoms with Crippen LogP contribution in [0.15, 0.2) is 42.6 Å². The van der Waals surface area contributed by atoms with Crippen LogP contribution >= 0.6 is 0 Å². The second kappa shape index (κ2) is 10.2. The molecule has 1 unspecified atom stereocenters. The minimum Gasteiger partial charge on any atom is -0.496 e. The van der Waals surface area contributed by atoms with E-state index in [1.54, 1.807) is 33.3 Å². The zero-order chi connectivity index (χ0) is 23.3. The molecule has 0 fully saturated rings. The average molecular weight is 438 g/mol. The Balaban J connectivity index is 1.95. The monoisotopic (exact) mass is 437 g/mol. The first-order valence-corrected chi connectivity index (χ1v) is 10.8. The van der Waals surface area contributed by atoms with Crippen LogP contribution in [-0.2, 0) is 6.42 Å². The van der Waals surface area contributed by atoms with Crippen LogP contribution in [0, 0.1) is 0 Å². The molecule has 3 aromatic rings. The number of fused-ring (bicyclic) bond motifs is 1. The van der Waals surface area contributed by atoms with E-state index in [1.165, 1.54) is 4.90 Å². The number of hydrogen-bond acceptors (Lipinski definition) is 3. The number of urea groups is 1. The standard InChI is InChI=1S/C25H31N3O4/c1-5-6-18(19-9-8-17(24(29)30)14-23(19)32-4)21-15-27-22-10-7-16(13-20(21)22)11-12-26-25(31)28(2)3/h7-10,13-15,18,27H,5-6,11-12H2,1-4H3,(H,26,31)(H,29,30). The lowest BCUT2D eigenvalue weighted by Crippen LogP contribution is -2.35. The van der Waals surface area contributed by atoms with E-state index in [0.717, 1.165) is 46.9 Å². The summed E-state index contributed by atoms with van der Waals surface area (Å²) in [6.07, 6.45) is 4.64. The number of aromatic nitrogens is 1. The lowest BCUT2D eigenvalue weighted by atomic mass is 9.86. The molecule has 2 aromatic carbocycles. The van der Waals surface area contributed by atoms with Crippen LogP contribution < -0.4 is 10.1 Å². The lowest BCUT2D eigenvalue weighted by molar-refractivity contribution is 0.0696. The molecule has 1 atom stereocenters. The van der Waals surface area contributed by atoms with Crippen molar-refractivity contribution in [1.82, 2.24) is 15.2 Å². The van der Waals surface area contributed by atoms with Gasteiger partial charge in [-0.15, -0.1) is 0 Å². The number of nitrogens with one attached hydrogen (secondary N) is 2. The third-order valence-corrected chi connectivity index (χ3v) is 5.68. The zero-order valence-corrected chi connectivity index (χ0v) is 19.1. The Morgan fingerprint density at radius 1 is 1.16 bits per heavy atom. The quantitative estimate of drug-likeness (QED) is 0.455. The van der Waals surface area contributed by atoms with Crippen molar-refractivity contribution in [2.24, 2.45) is 0 Å². The SMILES string of the molecule is CCCC(c1ccc(C(=O)O)cc1OC)c1c[nH]c2ccc(CCNC(=O)N(C)C)cc12. The summed E-state index contributed by atoms with van der Waals surface area (Å²) in [7, 11) is 5.01. The van der Waals surface area contributed by atoms with Crippen molar-refractivity contribution in [3.8, 4) is 5.75 Å². The number of hydrogen-bond donors (Lipinski definition) is 3. The van der Waals surface area contributed by atoms with Gasteiger partial charge in [0.15, 0.2) is 0 Å². The van der Waals surface area contributed by atoms with E-state index in [0.29, 0.717) is 12.3 Å². The van der Waals surface area contributed by atoms with Crippen LogP contribution in [-0.4, -0.2) is 54.7 Å². The fraction of sp³-hybridized carbons (Fsp3) is 0.360. The van der Waals surface area contributed by atoms with Crippen molar-refractivity contribution in [1.29, 1.82) is 0 Å². The Kier molecular flexibility index (Phi) is 7.41. The fourth-order valence-corrected chi connectivity index (χ4v) is 4.00. The molecule has 7 heteroatoms. The Labute approximate surface area is 188 Å². The van der Waals surface area contributed by atoms with Gasteiger partial charge in [0, 0.05) is 49.2 Å². The molecular weight excluding hydrogens is 406 g/mol. The summed E-state index contributed by atoms with van der Waals surface area (Å²) >= 11 is 0. The first-order valence-electron chi connectivity index (χ1n) is 10.8. The van der Waals surface area contributed by atoms with E-state index in [4.69, 9.17) is 4.74 Å². The molecule has 3 rings (SSSR count). The van der Waals surface area contributed by atoms with Crippen molar-refractivity contribution in [3.63, 3.8) is 0 Å². The summed E-state index contributed by atoms with van der Waals surface area (Å²) < 4.78 is 5.57. The summed E-state index contributed by atoms with van der Waals surface area (Å²) in [4.78, 5) is 28.0. The Morgan fingerprint density at radius 2 is 1.94 bits per heavy atom. The van der Waals surface area contributed by atoms with Crippen molar-refractivity contribution in [2.45, 2.75) is 32.1 Å². The number of methoxy groups -OCH3 is 1. The zero-order valence-electron chi connectivity index (χ0n) is 19.1. The topological polar surface area (TPSA) is 94.7 Å². The number of carboxylic acid groups (broad SMARTS) is 1. The maximum atomic E-state index is 11.8. The molecule has 1 heterocycles. The van der Waals surface area contributed by atoms with E-state index in [2.05, 4.69) is 35.4 Å². The highest BCUT2D eigenvalue weighted by Gasteiger charge is 2.22. The highest BCUT2D eigenvalue weighted by molar-refractivity contribution is 5.89. The number of aromatic carboxylic acids is 1. The summed E-state index contributed by atoms with van der Waals surface area (Å²) in [5.74, 6) is -0.324. The van der Waals surface area contributed by atoms with Crippen LogP contribution in [0.4, 0.5) is 4.79 Å². The van der Waals surface area contributed by atoms with E-state index in [9.17, 15) is 14.7 Å². The lowest BCUT2D eigenvalue weighted by Gasteiger charge is -2.20. The minimum atomic E-state index is -0.972. The number of carboxylic acids is 1. The van der Waals surface area contributed by atoms with Crippen LogP contribution in [0.3, 0.4) is 0 Å². The second-order valence-electron chi connectivity index (χ2n) is 8.10. The molecule has 0 aliphatic rings. The van der Waals surface area contributed by atoms with Gasteiger partial charge in [-0.05, 0) is 48.2 Å². The molecule has 32 heavy (non-hydrogen) atoms. The summed E-state index contributed by atoms with van der Waals surface area (Å²) in [6.45, 7) is 2.70. The first kappa shape index (κ1) is 23.2. The average Bonchev–Trinajstić information content (AvgIpc) is 3.19. The predicted molar refractivity (Wildman–Crippen MR) is 126 cm³/mol. The van der Waals surface area contributed by atoms with Gasteiger partial charge in [0.05, 0.1) is 12.7 Å². The minimum absolute atomic E-state index is 0.0650. The fourth-order valence-electron chi connectivity index (χ4n) is 4.00. The molecule has 0 radical (unpaired) electrons. The summed E-state index contributed by atoms with van der Waals surface area (Å²) in [5, 5.41) is 13.4. The van der Waals surface area contributed by atoms with E-state index in [-0.39, 0.29) is 17.5 Å². The highest BCUT2D eigenvalue weighted by Crippen LogP contribution is 2.39. The molecule has 2 amide bonds. The van der Waals surface area contributed by atoms with Gasteiger partial charge in [0.1, 0.15) is 5.75 Å². The predicted octanol–water partition coefficient (Wildman–Crippen LogP) is 4.62. The Hall–Kier alpha value is -3.48. The number of benzene rings is 2. The third kappa shape index (κ3) is 5.04. The van der Waals surface area contributed by atoms with Crippen molar-refractivity contribution < 1.29 is 19.4 Å². The number of aromatic amines is 1. The Bertz CT molecular complexity index is 1100. The number of H-pyrrole nitrogens is 1. The van der Waals surface area contributed by atoms with Gasteiger partial charge in [0.2, 0.25) is 0 Å². The van der Waals surface area contributed by atoms with Gasteiger partial charge >= 0.3 is 12.0 Å². The number of carbonyl (C=O) groups excluding carboxylic acids is 1. The van der Waals surface area contributed by atoms with E-state index in [1.807, 2.05) is 12.3 Å². The number of ether oxygens (including phenoxy) is 1. The van der Waals surface area contributed by atoms with E-state index >= 15 is 0 Å². The molecular formula is C25H31N3O4. The maximum Gasteiger partial charge on any atom is 0.335 e. The molecule has 0 spiro atoms. The third-order valence-electron chi connectivity index (χ3n) is 5.68. The number of rotatable bonds is 9. The van der Waals surface area contributed by atoms with Crippen LogP contribution in [0.5, 0.6) is 5.75 Å². The molecule has 7 nitrogen and oxygen atoms in total. The van der Waals surface area contributed by atoms with Crippen molar-refractivity contribution in [3.05, 3.63) is 64.8 Å². The molecule has 3 N–H and O–H groups in total.